The first-order chi connectivity index (χ1) is 13.2. The Morgan fingerprint density at radius 1 is 1.21 bits per heavy atom. The highest BCUT2D eigenvalue weighted by Crippen LogP contribution is 2.44. The van der Waals surface area contributed by atoms with Crippen LogP contribution < -0.4 is 4.90 Å². The molecule has 2 fully saturated rings. The van der Waals surface area contributed by atoms with Gasteiger partial charge in [0.1, 0.15) is 12.2 Å². The molecule has 8 heteroatoms. The van der Waals surface area contributed by atoms with Crippen LogP contribution in [0.4, 0.5) is 5.69 Å². The first-order valence-electron chi connectivity index (χ1n) is 9.48. The maximum atomic E-state index is 13.2. The molecule has 0 bridgehead atoms. The van der Waals surface area contributed by atoms with E-state index < -0.39 is 17.6 Å². The number of likely N-dealkylation sites (tertiary alicyclic amines) is 1. The number of carbonyl (C=O) groups is 4. The third kappa shape index (κ3) is 2.58. The van der Waals surface area contributed by atoms with E-state index in [1.165, 1.54) is 9.80 Å². The Morgan fingerprint density at radius 2 is 1.93 bits per heavy atom. The highest BCUT2D eigenvalue weighted by molar-refractivity contribution is 6.11. The van der Waals surface area contributed by atoms with E-state index in [-0.39, 0.29) is 36.7 Å². The Labute approximate surface area is 162 Å². The normalized spacial score (nSPS) is 29.1. The van der Waals surface area contributed by atoms with Crippen molar-refractivity contribution >= 4 is 29.4 Å². The standard InChI is InChI=1S/C20H23N3O5/c1-12-9-21(10-14(12)19(27)28)17(25)11-22-18(26)13-5-3-4-6-15(13)23-16(24)7-8-20(22,23)2/h3-6,12,14H,7-11H2,1-2H3,(H,27,28)/t12-,14-,20?/m1/s1. The van der Waals surface area contributed by atoms with Gasteiger partial charge in [0.2, 0.25) is 11.8 Å². The Hall–Kier alpha value is -2.90. The van der Waals surface area contributed by atoms with Gasteiger partial charge in [0, 0.05) is 19.5 Å². The van der Waals surface area contributed by atoms with E-state index in [4.69, 9.17) is 0 Å². The maximum absolute atomic E-state index is 13.2. The summed E-state index contributed by atoms with van der Waals surface area (Å²) >= 11 is 0. The summed E-state index contributed by atoms with van der Waals surface area (Å²) in [6, 6.07) is 6.95. The molecular formula is C20H23N3O5. The van der Waals surface area contributed by atoms with Crippen LogP contribution in [-0.4, -0.2) is 63.9 Å². The number of aliphatic carboxylic acids is 1. The van der Waals surface area contributed by atoms with Crippen molar-refractivity contribution in [1.82, 2.24) is 9.80 Å². The average Bonchev–Trinajstić information content (AvgIpc) is 3.19. The molecule has 1 N–H and O–H groups in total. The zero-order valence-corrected chi connectivity index (χ0v) is 15.9. The van der Waals surface area contributed by atoms with E-state index in [1.54, 1.807) is 29.2 Å². The molecule has 28 heavy (non-hydrogen) atoms. The molecule has 1 aromatic carbocycles. The maximum Gasteiger partial charge on any atom is 0.308 e. The molecule has 0 radical (unpaired) electrons. The number of hydrogen-bond donors (Lipinski definition) is 1. The number of para-hydroxylation sites is 1. The lowest BCUT2D eigenvalue weighted by Gasteiger charge is -2.48. The van der Waals surface area contributed by atoms with Gasteiger partial charge in [0.25, 0.3) is 5.91 Å². The highest BCUT2D eigenvalue weighted by Gasteiger charge is 2.53. The number of benzene rings is 1. The van der Waals surface area contributed by atoms with E-state index >= 15 is 0 Å². The number of fused-ring (bicyclic) bond motifs is 3. The van der Waals surface area contributed by atoms with Crippen molar-refractivity contribution in [2.75, 3.05) is 24.5 Å². The first-order valence-corrected chi connectivity index (χ1v) is 9.48. The Kier molecular flexibility index (Phi) is 4.17. The van der Waals surface area contributed by atoms with E-state index in [2.05, 4.69) is 0 Å². The van der Waals surface area contributed by atoms with E-state index in [0.29, 0.717) is 30.6 Å². The quantitative estimate of drug-likeness (QED) is 0.842. The SMILES string of the molecule is C[C@@H]1CN(C(=O)CN2C(=O)c3ccccc3N3C(=O)CCC23C)C[C@H]1C(=O)O. The summed E-state index contributed by atoms with van der Waals surface area (Å²) in [5.41, 5.74) is 0.0959. The minimum absolute atomic E-state index is 0.0689. The van der Waals surface area contributed by atoms with Crippen molar-refractivity contribution in [1.29, 1.82) is 0 Å². The first kappa shape index (κ1) is 18.5. The summed E-state index contributed by atoms with van der Waals surface area (Å²) in [6.07, 6.45) is 0.762. The summed E-state index contributed by atoms with van der Waals surface area (Å²) in [5.74, 6) is -2.28. The van der Waals surface area contributed by atoms with Crippen LogP contribution in [0.3, 0.4) is 0 Å². The third-order valence-electron chi connectivity index (χ3n) is 6.32. The van der Waals surface area contributed by atoms with Gasteiger partial charge < -0.3 is 14.9 Å². The van der Waals surface area contributed by atoms with Crippen LogP contribution in [0, 0.1) is 11.8 Å². The van der Waals surface area contributed by atoms with Crippen molar-refractivity contribution in [2.24, 2.45) is 11.8 Å². The van der Waals surface area contributed by atoms with Crippen molar-refractivity contribution in [3.63, 3.8) is 0 Å². The second kappa shape index (κ2) is 6.32. The number of rotatable bonds is 3. The fraction of sp³-hybridized carbons (Fsp3) is 0.500. The molecule has 0 saturated carbocycles. The molecule has 1 unspecified atom stereocenters. The predicted molar refractivity (Wildman–Crippen MR) is 99.5 cm³/mol. The van der Waals surface area contributed by atoms with Gasteiger partial charge in [-0.2, -0.15) is 0 Å². The molecule has 8 nitrogen and oxygen atoms in total. The summed E-state index contributed by atoms with van der Waals surface area (Å²) in [4.78, 5) is 54.6. The number of nitrogens with zero attached hydrogens (tertiary/aromatic N) is 3. The molecule has 2 saturated heterocycles. The highest BCUT2D eigenvalue weighted by atomic mass is 16.4. The fourth-order valence-corrected chi connectivity index (χ4v) is 4.67. The largest absolute Gasteiger partial charge is 0.481 e. The zero-order chi connectivity index (χ0) is 20.2. The van der Waals surface area contributed by atoms with Gasteiger partial charge in [-0.1, -0.05) is 19.1 Å². The molecule has 3 amide bonds. The molecule has 1 aromatic rings. The van der Waals surface area contributed by atoms with Gasteiger partial charge in [-0.15, -0.1) is 0 Å². The summed E-state index contributed by atoms with van der Waals surface area (Å²) in [6.45, 7) is 3.95. The molecule has 0 spiro atoms. The molecule has 3 heterocycles. The molecule has 3 aliphatic rings. The lowest BCUT2D eigenvalue weighted by molar-refractivity contribution is -0.142. The van der Waals surface area contributed by atoms with Gasteiger partial charge in [0.05, 0.1) is 17.2 Å². The summed E-state index contributed by atoms with van der Waals surface area (Å²) in [5, 5.41) is 9.30. The smallest absolute Gasteiger partial charge is 0.308 e. The molecule has 148 valence electrons. The average molecular weight is 385 g/mol. The van der Waals surface area contributed by atoms with E-state index in [1.807, 2.05) is 13.8 Å². The van der Waals surface area contributed by atoms with Gasteiger partial charge in [-0.3, -0.25) is 24.1 Å². The summed E-state index contributed by atoms with van der Waals surface area (Å²) < 4.78 is 0. The fourth-order valence-electron chi connectivity index (χ4n) is 4.67. The van der Waals surface area contributed by atoms with E-state index in [0.717, 1.165) is 0 Å². The van der Waals surface area contributed by atoms with Gasteiger partial charge in [-0.05, 0) is 31.4 Å². The van der Waals surface area contributed by atoms with Crippen LogP contribution in [0.15, 0.2) is 24.3 Å². The molecule has 0 aromatic heterocycles. The Bertz CT molecular complexity index is 884. The molecule has 3 aliphatic heterocycles. The van der Waals surface area contributed by atoms with Crippen LogP contribution in [-0.2, 0) is 14.4 Å². The minimum atomic E-state index is -0.912. The second-order valence-electron chi connectivity index (χ2n) is 8.08. The summed E-state index contributed by atoms with van der Waals surface area (Å²) in [7, 11) is 0. The van der Waals surface area contributed by atoms with Crippen LogP contribution in [0.5, 0.6) is 0 Å². The number of hydrogen-bond acceptors (Lipinski definition) is 4. The van der Waals surface area contributed by atoms with Crippen molar-refractivity contribution < 1.29 is 24.3 Å². The topological polar surface area (TPSA) is 98.2 Å². The number of carboxylic acids is 1. The van der Waals surface area contributed by atoms with Crippen LogP contribution in [0.2, 0.25) is 0 Å². The second-order valence-corrected chi connectivity index (χ2v) is 8.08. The Balaban J connectivity index is 1.63. The molecule has 4 rings (SSSR count). The van der Waals surface area contributed by atoms with E-state index in [9.17, 15) is 24.3 Å². The van der Waals surface area contributed by atoms with Crippen molar-refractivity contribution in [3.05, 3.63) is 29.8 Å². The van der Waals surface area contributed by atoms with Crippen molar-refractivity contribution in [2.45, 2.75) is 32.4 Å². The predicted octanol–water partition coefficient (Wildman–Crippen LogP) is 1.16. The van der Waals surface area contributed by atoms with Crippen molar-refractivity contribution in [3.8, 4) is 0 Å². The molecule has 3 atom stereocenters. The lowest BCUT2D eigenvalue weighted by atomic mass is 9.98. The zero-order valence-electron chi connectivity index (χ0n) is 15.9. The number of carboxylic acid groups (broad SMARTS) is 1. The van der Waals surface area contributed by atoms with Crippen LogP contribution >= 0.6 is 0 Å². The third-order valence-corrected chi connectivity index (χ3v) is 6.32. The minimum Gasteiger partial charge on any atom is -0.481 e. The number of anilines is 1. The lowest BCUT2D eigenvalue weighted by Crippen LogP contribution is -2.64. The molecule has 0 aliphatic carbocycles. The monoisotopic (exact) mass is 385 g/mol. The van der Waals surface area contributed by atoms with Gasteiger partial charge in [-0.25, -0.2) is 0 Å². The van der Waals surface area contributed by atoms with Crippen LogP contribution in [0.25, 0.3) is 0 Å². The van der Waals surface area contributed by atoms with Crippen LogP contribution in [0.1, 0.15) is 37.0 Å². The molecular weight excluding hydrogens is 362 g/mol. The number of carbonyl (C=O) groups excluding carboxylic acids is 3. The Morgan fingerprint density at radius 3 is 2.61 bits per heavy atom. The number of amides is 3. The van der Waals surface area contributed by atoms with Gasteiger partial charge in [0.15, 0.2) is 0 Å². The van der Waals surface area contributed by atoms with Gasteiger partial charge >= 0.3 is 5.97 Å².